The lowest BCUT2D eigenvalue weighted by atomic mass is 9.87. The van der Waals surface area contributed by atoms with Gasteiger partial charge in [0.25, 0.3) is 0 Å². The summed E-state index contributed by atoms with van der Waals surface area (Å²) < 4.78 is 26.7. The summed E-state index contributed by atoms with van der Waals surface area (Å²) in [6, 6.07) is 7.11. The molecule has 0 saturated heterocycles. The average molecular weight is 285 g/mol. The van der Waals surface area contributed by atoms with Crippen molar-refractivity contribution < 1.29 is 13.3 Å². The number of hydrogen-bond donors (Lipinski definition) is 2. The molecule has 108 valence electrons. The van der Waals surface area contributed by atoms with Gasteiger partial charge < -0.3 is 4.90 Å². The molecular formula is C14H25N2O2S+. The van der Waals surface area contributed by atoms with Crippen molar-refractivity contribution in [3.05, 3.63) is 29.8 Å². The van der Waals surface area contributed by atoms with Crippen molar-refractivity contribution >= 4 is 10.0 Å². The van der Waals surface area contributed by atoms with E-state index in [0.29, 0.717) is 11.4 Å². The van der Waals surface area contributed by atoms with Gasteiger partial charge in [0.05, 0.1) is 32.1 Å². The molecule has 0 atom stereocenters. The molecule has 5 heteroatoms. The van der Waals surface area contributed by atoms with Crippen LogP contribution in [0.1, 0.15) is 26.3 Å². The minimum atomic E-state index is -3.38. The van der Waals surface area contributed by atoms with Crippen LogP contribution in [0.3, 0.4) is 0 Å². The Kier molecular flexibility index (Phi) is 5.12. The molecule has 4 nitrogen and oxygen atoms in total. The van der Waals surface area contributed by atoms with E-state index in [-0.39, 0.29) is 5.41 Å². The molecule has 19 heavy (non-hydrogen) atoms. The first-order valence-corrected chi connectivity index (χ1v) is 8.00. The smallest absolute Gasteiger partial charge is 0.240 e. The van der Waals surface area contributed by atoms with Crippen molar-refractivity contribution in [3.63, 3.8) is 0 Å². The number of quaternary nitrogens is 1. The van der Waals surface area contributed by atoms with Gasteiger partial charge in [-0.2, -0.15) is 0 Å². The van der Waals surface area contributed by atoms with Crippen molar-refractivity contribution in [2.75, 3.05) is 27.2 Å². The number of likely N-dealkylation sites (N-methyl/N-ethyl adjacent to an activating group) is 1. The van der Waals surface area contributed by atoms with E-state index in [1.54, 1.807) is 12.1 Å². The zero-order valence-electron chi connectivity index (χ0n) is 12.4. The van der Waals surface area contributed by atoms with E-state index in [1.165, 1.54) is 4.90 Å². The summed E-state index contributed by atoms with van der Waals surface area (Å²) in [6.45, 7) is 7.53. The molecule has 0 saturated carbocycles. The van der Waals surface area contributed by atoms with E-state index in [4.69, 9.17) is 0 Å². The van der Waals surface area contributed by atoms with Gasteiger partial charge >= 0.3 is 0 Å². The zero-order chi connectivity index (χ0) is 14.7. The molecular weight excluding hydrogens is 260 g/mol. The van der Waals surface area contributed by atoms with Gasteiger partial charge in [-0.25, -0.2) is 13.1 Å². The molecule has 0 fully saturated rings. The van der Waals surface area contributed by atoms with Crippen LogP contribution in [0.4, 0.5) is 0 Å². The summed E-state index contributed by atoms with van der Waals surface area (Å²) in [6.07, 6.45) is 0. The molecule has 0 heterocycles. The second-order valence-corrected chi connectivity index (χ2v) is 7.90. The molecule has 1 aromatic carbocycles. The van der Waals surface area contributed by atoms with Crippen molar-refractivity contribution in [3.8, 4) is 0 Å². The van der Waals surface area contributed by atoms with Crippen LogP contribution in [-0.4, -0.2) is 35.6 Å². The maximum absolute atomic E-state index is 12.1. The Morgan fingerprint density at radius 2 is 1.63 bits per heavy atom. The van der Waals surface area contributed by atoms with E-state index in [0.717, 1.165) is 12.1 Å². The quantitative estimate of drug-likeness (QED) is 0.823. The number of nitrogens with one attached hydrogen (secondary N) is 2. The molecule has 0 bridgehead atoms. The van der Waals surface area contributed by atoms with Crippen LogP contribution in [-0.2, 0) is 15.4 Å². The van der Waals surface area contributed by atoms with Crippen molar-refractivity contribution in [1.29, 1.82) is 0 Å². The van der Waals surface area contributed by atoms with E-state index in [9.17, 15) is 8.42 Å². The first-order chi connectivity index (χ1) is 8.63. The Bertz CT molecular complexity index is 499. The van der Waals surface area contributed by atoms with E-state index < -0.39 is 10.0 Å². The van der Waals surface area contributed by atoms with Gasteiger partial charge in [-0.1, -0.05) is 32.9 Å². The third-order valence-electron chi connectivity index (χ3n) is 2.95. The SMILES string of the molecule is C[NH+](C)CCNS(=O)(=O)c1ccc(C(C)(C)C)cc1. The normalized spacial score (nSPS) is 12.9. The molecule has 0 aromatic heterocycles. The van der Waals surface area contributed by atoms with Crippen LogP contribution in [0, 0.1) is 0 Å². The van der Waals surface area contributed by atoms with Crippen molar-refractivity contribution in [1.82, 2.24) is 4.72 Å². The van der Waals surface area contributed by atoms with Crippen LogP contribution in [0.25, 0.3) is 0 Å². The molecule has 2 N–H and O–H groups in total. The zero-order valence-corrected chi connectivity index (χ0v) is 13.3. The molecule has 0 aliphatic heterocycles. The summed E-state index contributed by atoms with van der Waals surface area (Å²) >= 11 is 0. The largest absolute Gasteiger partial charge is 0.339 e. The molecule has 0 spiro atoms. The highest BCUT2D eigenvalue weighted by molar-refractivity contribution is 7.89. The molecule has 1 rings (SSSR count). The number of rotatable bonds is 5. The molecule has 0 amide bonds. The van der Waals surface area contributed by atoms with Gasteiger partial charge in [-0.05, 0) is 23.1 Å². The molecule has 0 radical (unpaired) electrons. The van der Waals surface area contributed by atoms with Crippen LogP contribution >= 0.6 is 0 Å². The Morgan fingerprint density at radius 3 is 2.05 bits per heavy atom. The summed E-state index contributed by atoms with van der Waals surface area (Å²) in [4.78, 5) is 1.54. The van der Waals surface area contributed by atoms with Gasteiger partial charge in [0.15, 0.2) is 0 Å². The Morgan fingerprint density at radius 1 is 1.11 bits per heavy atom. The van der Waals surface area contributed by atoms with Gasteiger partial charge in [0, 0.05) is 0 Å². The van der Waals surface area contributed by atoms with Gasteiger partial charge in [0.1, 0.15) is 0 Å². The number of sulfonamides is 1. The molecule has 0 unspecified atom stereocenters. The van der Waals surface area contributed by atoms with Gasteiger partial charge in [0.2, 0.25) is 10.0 Å². The fourth-order valence-electron chi connectivity index (χ4n) is 1.65. The monoisotopic (exact) mass is 285 g/mol. The number of benzene rings is 1. The van der Waals surface area contributed by atoms with Crippen molar-refractivity contribution in [2.24, 2.45) is 0 Å². The second kappa shape index (κ2) is 6.03. The second-order valence-electron chi connectivity index (χ2n) is 6.13. The fourth-order valence-corrected chi connectivity index (χ4v) is 2.68. The van der Waals surface area contributed by atoms with Crippen molar-refractivity contribution in [2.45, 2.75) is 31.1 Å². The highest BCUT2D eigenvalue weighted by Gasteiger charge is 2.17. The fraction of sp³-hybridized carbons (Fsp3) is 0.571. The van der Waals surface area contributed by atoms with E-state index >= 15 is 0 Å². The van der Waals surface area contributed by atoms with Gasteiger partial charge in [-0.15, -0.1) is 0 Å². The van der Waals surface area contributed by atoms with Crippen LogP contribution in [0.5, 0.6) is 0 Å². The Balaban J connectivity index is 2.80. The van der Waals surface area contributed by atoms with Gasteiger partial charge in [-0.3, -0.25) is 0 Å². The number of hydrogen-bond acceptors (Lipinski definition) is 2. The lowest BCUT2D eigenvalue weighted by Crippen LogP contribution is -3.06. The molecule has 0 aliphatic rings. The predicted octanol–water partition coefficient (Wildman–Crippen LogP) is 0.407. The third kappa shape index (κ3) is 4.93. The molecule has 1 aromatic rings. The third-order valence-corrected chi connectivity index (χ3v) is 4.42. The minimum Gasteiger partial charge on any atom is -0.339 e. The summed E-state index contributed by atoms with van der Waals surface area (Å²) in [5, 5.41) is 0. The summed E-state index contributed by atoms with van der Waals surface area (Å²) in [7, 11) is 0.603. The summed E-state index contributed by atoms with van der Waals surface area (Å²) in [5.74, 6) is 0. The average Bonchev–Trinajstić information content (AvgIpc) is 2.27. The Hall–Kier alpha value is -0.910. The highest BCUT2D eigenvalue weighted by Crippen LogP contribution is 2.23. The summed E-state index contributed by atoms with van der Waals surface area (Å²) in [5.41, 5.74) is 1.16. The first-order valence-electron chi connectivity index (χ1n) is 6.52. The lowest BCUT2D eigenvalue weighted by Gasteiger charge is -2.19. The van der Waals surface area contributed by atoms with Crippen LogP contribution < -0.4 is 9.62 Å². The Labute approximate surface area is 116 Å². The maximum Gasteiger partial charge on any atom is 0.240 e. The topological polar surface area (TPSA) is 50.6 Å². The molecule has 0 aliphatic carbocycles. The van der Waals surface area contributed by atoms with Crippen LogP contribution in [0.2, 0.25) is 0 Å². The lowest BCUT2D eigenvalue weighted by molar-refractivity contribution is -0.856. The van der Waals surface area contributed by atoms with Crippen LogP contribution in [0.15, 0.2) is 29.2 Å². The van der Waals surface area contributed by atoms with E-state index in [1.807, 2.05) is 26.2 Å². The van der Waals surface area contributed by atoms with E-state index in [2.05, 4.69) is 25.5 Å². The first kappa shape index (κ1) is 16.1. The highest BCUT2D eigenvalue weighted by atomic mass is 32.2. The maximum atomic E-state index is 12.1. The predicted molar refractivity (Wildman–Crippen MR) is 78.0 cm³/mol. The standard InChI is InChI=1S/C14H24N2O2S/c1-14(2,3)12-6-8-13(9-7-12)19(17,18)15-10-11-16(4)5/h6-9,15H,10-11H2,1-5H3/p+1. The minimum absolute atomic E-state index is 0.0317.